The quantitative estimate of drug-likeness (QED) is 0.238. The van der Waals surface area contributed by atoms with E-state index in [2.05, 4.69) is 140 Å². The lowest BCUT2D eigenvalue weighted by Gasteiger charge is -2.25. The van der Waals surface area contributed by atoms with Crippen molar-refractivity contribution < 1.29 is 0 Å². The number of para-hydroxylation sites is 3. The zero-order valence-corrected chi connectivity index (χ0v) is 21.4. The molecule has 2 heterocycles. The lowest BCUT2D eigenvalue weighted by Crippen LogP contribution is -2.16. The number of aromatic nitrogens is 2. The summed E-state index contributed by atoms with van der Waals surface area (Å²) in [4.78, 5) is 5.23. The van der Waals surface area contributed by atoms with E-state index in [9.17, 15) is 0 Å². The van der Waals surface area contributed by atoms with Gasteiger partial charge < -0.3 is 4.57 Å². The van der Waals surface area contributed by atoms with Gasteiger partial charge in [-0.05, 0) is 52.6 Å². The Morgan fingerprint density at radius 2 is 1.24 bits per heavy atom. The number of rotatable bonds is 2. The van der Waals surface area contributed by atoms with Gasteiger partial charge in [0.25, 0.3) is 0 Å². The molecule has 2 heteroatoms. The Hall–Kier alpha value is -4.69. The first kappa shape index (κ1) is 21.4. The Balaban J connectivity index is 1.46. The van der Waals surface area contributed by atoms with Crippen molar-refractivity contribution in [3.8, 4) is 28.1 Å². The normalized spacial score (nSPS) is 13.7. The van der Waals surface area contributed by atoms with Crippen LogP contribution in [0.25, 0.3) is 60.8 Å². The highest BCUT2D eigenvalue weighted by atomic mass is 15.0. The largest absolute Gasteiger partial charge is 0.309 e. The van der Waals surface area contributed by atoms with Crippen LogP contribution in [-0.2, 0) is 5.41 Å². The molecule has 0 saturated heterocycles. The molecule has 0 spiro atoms. The minimum atomic E-state index is -0.152. The molecule has 0 fully saturated rings. The maximum atomic E-state index is 5.23. The summed E-state index contributed by atoms with van der Waals surface area (Å²) >= 11 is 0. The van der Waals surface area contributed by atoms with Crippen molar-refractivity contribution in [1.82, 2.24) is 9.55 Å². The van der Waals surface area contributed by atoms with Crippen LogP contribution in [-0.4, -0.2) is 9.55 Å². The molecule has 8 rings (SSSR count). The molecule has 0 radical (unpaired) electrons. The van der Waals surface area contributed by atoms with E-state index in [1.54, 1.807) is 0 Å². The van der Waals surface area contributed by atoms with Gasteiger partial charge in [-0.3, -0.25) is 0 Å². The summed E-state index contributed by atoms with van der Waals surface area (Å²) in [7, 11) is 0. The Kier molecular flexibility index (Phi) is 4.31. The Morgan fingerprint density at radius 3 is 2.00 bits per heavy atom. The van der Waals surface area contributed by atoms with E-state index in [1.807, 2.05) is 0 Å². The standard InChI is InChI=1S/C36H26N2/c1-36(2)29-18-7-3-16-27(29)35-34(36)33(28-17-4-8-19-30(28)37-35)23-12-11-13-24(22-23)38-31-20-9-5-14-25(31)26-15-6-10-21-32(26)38/h3-22H,1-2H3. The summed E-state index contributed by atoms with van der Waals surface area (Å²) in [6, 6.07) is 43.8. The molecule has 0 N–H and O–H groups in total. The molecular weight excluding hydrogens is 460 g/mol. The average Bonchev–Trinajstić information content (AvgIpc) is 3.41. The van der Waals surface area contributed by atoms with Crippen molar-refractivity contribution in [2.24, 2.45) is 0 Å². The van der Waals surface area contributed by atoms with Crippen LogP contribution in [0.1, 0.15) is 25.0 Å². The van der Waals surface area contributed by atoms with E-state index < -0.39 is 0 Å². The summed E-state index contributed by atoms with van der Waals surface area (Å²) in [5, 5.41) is 3.76. The first-order valence-electron chi connectivity index (χ1n) is 13.2. The molecule has 180 valence electrons. The van der Waals surface area contributed by atoms with Gasteiger partial charge in [-0.15, -0.1) is 0 Å². The maximum absolute atomic E-state index is 5.23. The second-order valence-corrected chi connectivity index (χ2v) is 10.8. The third kappa shape index (κ3) is 2.80. The van der Waals surface area contributed by atoms with Gasteiger partial charge >= 0.3 is 0 Å². The number of nitrogens with zero attached hydrogens (tertiary/aromatic N) is 2. The van der Waals surface area contributed by atoms with Crippen molar-refractivity contribution in [2.45, 2.75) is 19.3 Å². The Labute approximate surface area is 221 Å². The van der Waals surface area contributed by atoms with Gasteiger partial charge in [0.2, 0.25) is 0 Å². The van der Waals surface area contributed by atoms with Gasteiger partial charge in [-0.25, -0.2) is 4.98 Å². The molecule has 0 saturated carbocycles. The average molecular weight is 487 g/mol. The van der Waals surface area contributed by atoms with E-state index in [1.165, 1.54) is 60.7 Å². The zero-order chi connectivity index (χ0) is 25.4. The number of benzene rings is 5. The second kappa shape index (κ2) is 7.66. The van der Waals surface area contributed by atoms with Crippen LogP contribution in [0.4, 0.5) is 0 Å². The molecule has 2 nitrogen and oxygen atoms in total. The number of pyridine rings is 1. The number of hydrogen-bond donors (Lipinski definition) is 0. The lowest BCUT2D eigenvalue weighted by molar-refractivity contribution is 0.662. The van der Waals surface area contributed by atoms with E-state index in [0.717, 1.165) is 11.2 Å². The molecule has 0 atom stereocenters. The smallest absolute Gasteiger partial charge is 0.0759 e. The Morgan fingerprint density at radius 1 is 0.605 bits per heavy atom. The summed E-state index contributed by atoms with van der Waals surface area (Å²) in [6.45, 7) is 4.68. The van der Waals surface area contributed by atoms with Gasteiger partial charge in [0.1, 0.15) is 0 Å². The van der Waals surface area contributed by atoms with Gasteiger partial charge in [-0.2, -0.15) is 0 Å². The first-order chi connectivity index (χ1) is 18.6. The molecule has 7 aromatic rings. The third-order valence-corrected chi connectivity index (χ3v) is 8.35. The molecular formula is C36H26N2. The van der Waals surface area contributed by atoms with Gasteiger partial charge in [0.15, 0.2) is 0 Å². The predicted octanol–water partition coefficient (Wildman–Crippen LogP) is 9.31. The molecule has 38 heavy (non-hydrogen) atoms. The van der Waals surface area contributed by atoms with Crippen molar-refractivity contribution >= 4 is 32.7 Å². The third-order valence-electron chi connectivity index (χ3n) is 8.35. The molecule has 2 aromatic heterocycles. The summed E-state index contributed by atoms with van der Waals surface area (Å²) in [5.41, 5.74) is 12.0. The summed E-state index contributed by atoms with van der Waals surface area (Å²) < 4.78 is 2.40. The van der Waals surface area contributed by atoms with Crippen LogP contribution in [0.15, 0.2) is 121 Å². The van der Waals surface area contributed by atoms with Crippen molar-refractivity contribution in [3.05, 3.63) is 132 Å². The van der Waals surface area contributed by atoms with Crippen LogP contribution in [0.3, 0.4) is 0 Å². The van der Waals surface area contributed by atoms with Crippen LogP contribution in [0.2, 0.25) is 0 Å². The highest BCUT2D eigenvalue weighted by molar-refractivity contribution is 6.09. The molecule has 1 aliphatic rings. The van der Waals surface area contributed by atoms with Crippen molar-refractivity contribution in [3.63, 3.8) is 0 Å². The van der Waals surface area contributed by atoms with E-state index in [4.69, 9.17) is 4.98 Å². The first-order valence-corrected chi connectivity index (χ1v) is 13.2. The van der Waals surface area contributed by atoms with Crippen molar-refractivity contribution in [1.29, 1.82) is 0 Å². The molecule has 1 aliphatic carbocycles. The predicted molar refractivity (Wildman–Crippen MR) is 159 cm³/mol. The SMILES string of the molecule is CC1(C)c2ccccc2-c2nc3ccccc3c(-c3cccc(-n4c5ccccc5c5ccccc54)c3)c21. The molecule has 0 aliphatic heterocycles. The molecule has 0 unspecified atom stereocenters. The fraction of sp³-hybridized carbons (Fsp3) is 0.0833. The molecule has 0 amide bonds. The monoisotopic (exact) mass is 486 g/mol. The van der Waals surface area contributed by atoms with Crippen LogP contribution >= 0.6 is 0 Å². The summed E-state index contributed by atoms with van der Waals surface area (Å²) in [6.07, 6.45) is 0. The summed E-state index contributed by atoms with van der Waals surface area (Å²) in [5.74, 6) is 0. The van der Waals surface area contributed by atoms with Gasteiger partial charge in [0.05, 0.1) is 22.2 Å². The van der Waals surface area contributed by atoms with Crippen LogP contribution in [0.5, 0.6) is 0 Å². The number of hydrogen-bond acceptors (Lipinski definition) is 1. The van der Waals surface area contributed by atoms with Crippen LogP contribution < -0.4 is 0 Å². The highest BCUT2D eigenvalue weighted by Crippen LogP contribution is 2.53. The minimum absolute atomic E-state index is 0.152. The van der Waals surface area contributed by atoms with Gasteiger partial charge in [0, 0.05) is 32.8 Å². The fourth-order valence-corrected chi connectivity index (χ4v) is 6.69. The van der Waals surface area contributed by atoms with Crippen molar-refractivity contribution in [2.75, 3.05) is 0 Å². The number of fused-ring (bicyclic) bond motifs is 7. The highest BCUT2D eigenvalue weighted by Gasteiger charge is 2.39. The zero-order valence-electron chi connectivity index (χ0n) is 21.4. The van der Waals surface area contributed by atoms with E-state index >= 15 is 0 Å². The Bertz CT molecular complexity index is 2010. The second-order valence-electron chi connectivity index (χ2n) is 10.8. The van der Waals surface area contributed by atoms with Crippen LogP contribution in [0, 0.1) is 0 Å². The maximum Gasteiger partial charge on any atom is 0.0759 e. The lowest BCUT2D eigenvalue weighted by atomic mass is 9.78. The van der Waals surface area contributed by atoms with Gasteiger partial charge in [-0.1, -0.05) is 105 Å². The fourth-order valence-electron chi connectivity index (χ4n) is 6.69. The topological polar surface area (TPSA) is 17.8 Å². The van der Waals surface area contributed by atoms with E-state index in [0.29, 0.717) is 0 Å². The molecule has 0 bridgehead atoms. The minimum Gasteiger partial charge on any atom is -0.309 e. The molecule has 5 aromatic carbocycles. The van der Waals surface area contributed by atoms with E-state index in [-0.39, 0.29) is 5.41 Å².